The van der Waals surface area contributed by atoms with Crippen LogP contribution in [0.3, 0.4) is 0 Å². The lowest BCUT2D eigenvalue weighted by Crippen LogP contribution is -2.31. The lowest BCUT2D eigenvalue weighted by atomic mass is 10.1. The average molecular weight is 287 g/mol. The van der Waals surface area contributed by atoms with Crippen LogP contribution in [0.15, 0.2) is 24.3 Å². The molecule has 1 amide bonds. The van der Waals surface area contributed by atoms with Crippen molar-refractivity contribution in [2.45, 2.75) is 33.7 Å². The second-order valence-corrected chi connectivity index (χ2v) is 4.89. The van der Waals surface area contributed by atoms with E-state index in [1.54, 1.807) is 4.90 Å². The van der Waals surface area contributed by atoms with Crippen molar-refractivity contribution in [3.05, 3.63) is 29.8 Å². The van der Waals surface area contributed by atoms with E-state index in [1.165, 1.54) is 10.4 Å². The lowest BCUT2D eigenvalue weighted by Gasteiger charge is -2.17. The minimum Gasteiger partial charge on any atom is -0.343 e. The lowest BCUT2D eigenvalue weighted by molar-refractivity contribution is -0.131. The molecule has 1 heterocycles. The molecule has 0 aliphatic heterocycles. The highest BCUT2D eigenvalue weighted by atomic mass is 16.2. The molecule has 21 heavy (non-hydrogen) atoms. The molecule has 0 aliphatic rings. The Kier molecular flexibility index (Phi) is 5.03. The Morgan fingerprint density at radius 1 is 1.19 bits per heavy atom. The van der Waals surface area contributed by atoms with Crippen molar-refractivity contribution in [2.75, 3.05) is 13.1 Å². The minimum atomic E-state index is 0.120. The predicted molar refractivity (Wildman–Crippen MR) is 80.5 cm³/mol. The summed E-state index contributed by atoms with van der Waals surface area (Å²) in [5, 5.41) is 12.4. The van der Waals surface area contributed by atoms with Crippen molar-refractivity contribution < 1.29 is 4.79 Å². The van der Waals surface area contributed by atoms with E-state index in [9.17, 15) is 4.79 Å². The van der Waals surface area contributed by atoms with E-state index in [0.717, 1.165) is 18.7 Å². The van der Waals surface area contributed by atoms with Gasteiger partial charge in [-0.05, 0) is 26.0 Å². The van der Waals surface area contributed by atoms with Gasteiger partial charge in [0.2, 0.25) is 11.7 Å². The van der Waals surface area contributed by atoms with Gasteiger partial charge in [-0.25, -0.2) is 0 Å². The second kappa shape index (κ2) is 6.97. The van der Waals surface area contributed by atoms with Gasteiger partial charge in [-0.2, -0.15) is 4.80 Å². The molecule has 112 valence electrons. The maximum absolute atomic E-state index is 11.9. The van der Waals surface area contributed by atoms with Crippen LogP contribution in [0.1, 0.15) is 25.8 Å². The van der Waals surface area contributed by atoms with E-state index >= 15 is 0 Å². The Bertz CT molecular complexity index is 586. The highest BCUT2D eigenvalue weighted by Gasteiger charge is 2.11. The van der Waals surface area contributed by atoms with Crippen LogP contribution in [0, 0.1) is 6.92 Å². The van der Waals surface area contributed by atoms with Gasteiger partial charge in [-0.1, -0.05) is 29.8 Å². The van der Waals surface area contributed by atoms with Gasteiger partial charge in [-0.3, -0.25) is 4.79 Å². The summed E-state index contributed by atoms with van der Waals surface area (Å²) in [4.78, 5) is 15.2. The second-order valence-electron chi connectivity index (χ2n) is 4.89. The summed E-state index contributed by atoms with van der Waals surface area (Å²) in [7, 11) is 0. The number of carbonyl (C=O) groups excluding carboxylic acids is 1. The van der Waals surface area contributed by atoms with Crippen molar-refractivity contribution in [1.29, 1.82) is 0 Å². The highest BCUT2D eigenvalue weighted by Crippen LogP contribution is 2.13. The molecule has 6 heteroatoms. The number of hydrogen-bond donors (Lipinski definition) is 0. The molecule has 0 saturated heterocycles. The van der Waals surface area contributed by atoms with E-state index in [4.69, 9.17) is 0 Å². The first-order chi connectivity index (χ1) is 10.1. The third-order valence-electron chi connectivity index (χ3n) is 3.40. The standard InChI is InChI=1S/C15H21N5O/c1-4-19(5-2)14(21)10-11-20-17-15(16-18-20)13-8-6-12(3)7-9-13/h6-9H,4-5,10-11H2,1-3H3. The van der Waals surface area contributed by atoms with Crippen LogP contribution in [0.5, 0.6) is 0 Å². The number of amides is 1. The van der Waals surface area contributed by atoms with E-state index in [2.05, 4.69) is 15.4 Å². The van der Waals surface area contributed by atoms with Gasteiger partial charge in [0.15, 0.2) is 0 Å². The number of nitrogens with zero attached hydrogens (tertiary/aromatic N) is 5. The maximum atomic E-state index is 11.9. The summed E-state index contributed by atoms with van der Waals surface area (Å²) in [6, 6.07) is 7.97. The Morgan fingerprint density at radius 3 is 2.48 bits per heavy atom. The molecular formula is C15H21N5O. The molecule has 0 unspecified atom stereocenters. The predicted octanol–water partition coefficient (Wildman–Crippen LogP) is 1.91. The summed E-state index contributed by atoms with van der Waals surface area (Å²) < 4.78 is 0. The molecule has 0 spiro atoms. The quantitative estimate of drug-likeness (QED) is 0.814. The fourth-order valence-corrected chi connectivity index (χ4v) is 2.09. The number of carbonyl (C=O) groups is 1. The minimum absolute atomic E-state index is 0.120. The topological polar surface area (TPSA) is 63.9 Å². The smallest absolute Gasteiger partial charge is 0.224 e. The van der Waals surface area contributed by atoms with Crippen LogP contribution >= 0.6 is 0 Å². The SMILES string of the molecule is CCN(CC)C(=O)CCn1nnc(-c2ccc(C)cc2)n1. The van der Waals surface area contributed by atoms with Crippen LogP contribution in [-0.4, -0.2) is 44.1 Å². The third-order valence-corrected chi connectivity index (χ3v) is 3.40. The normalized spacial score (nSPS) is 10.6. The van der Waals surface area contributed by atoms with Crippen LogP contribution in [-0.2, 0) is 11.3 Å². The number of aryl methyl sites for hydroxylation is 2. The molecular weight excluding hydrogens is 266 g/mol. The van der Waals surface area contributed by atoms with E-state index in [1.807, 2.05) is 45.0 Å². The number of rotatable bonds is 6. The molecule has 1 aromatic heterocycles. The van der Waals surface area contributed by atoms with Crippen molar-refractivity contribution >= 4 is 5.91 Å². The Labute approximate surface area is 124 Å². The van der Waals surface area contributed by atoms with Crippen LogP contribution in [0.2, 0.25) is 0 Å². The van der Waals surface area contributed by atoms with E-state index in [-0.39, 0.29) is 5.91 Å². The molecule has 0 aliphatic carbocycles. The first kappa shape index (κ1) is 15.2. The monoisotopic (exact) mass is 287 g/mol. The van der Waals surface area contributed by atoms with Gasteiger partial charge in [0.25, 0.3) is 0 Å². The molecule has 6 nitrogen and oxygen atoms in total. The zero-order valence-corrected chi connectivity index (χ0v) is 12.8. The summed E-state index contributed by atoms with van der Waals surface area (Å²) >= 11 is 0. The van der Waals surface area contributed by atoms with E-state index in [0.29, 0.717) is 18.8 Å². The average Bonchev–Trinajstić information content (AvgIpc) is 2.96. The first-order valence-corrected chi connectivity index (χ1v) is 7.26. The number of tetrazole rings is 1. The number of hydrogen-bond acceptors (Lipinski definition) is 4. The van der Waals surface area contributed by atoms with E-state index < -0.39 is 0 Å². The molecule has 0 N–H and O–H groups in total. The van der Waals surface area contributed by atoms with Gasteiger partial charge in [0.05, 0.1) is 6.54 Å². The third kappa shape index (κ3) is 3.87. The van der Waals surface area contributed by atoms with Gasteiger partial charge in [0, 0.05) is 25.1 Å². The molecule has 2 rings (SSSR count). The Balaban J connectivity index is 1.97. The Morgan fingerprint density at radius 2 is 1.86 bits per heavy atom. The van der Waals surface area contributed by atoms with Crippen molar-refractivity contribution in [1.82, 2.24) is 25.1 Å². The first-order valence-electron chi connectivity index (χ1n) is 7.26. The molecule has 0 radical (unpaired) electrons. The highest BCUT2D eigenvalue weighted by molar-refractivity contribution is 5.75. The number of benzene rings is 1. The summed E-state index contributed by atoms with van der Waals surface area (Å²) in [5.74, 6) is 0.708. The largest absolute Gasteiger partial charge is 0.343 e. The zero-order valence-electron chi connectivity index (χ0n) is 12.8. The Hall–Kier alpha value is -2.24. The molecule has 1 aromatic carbocycles. The van der Waals surface area contributed by atoms with Gasteiger partial charge in [0.1, 0.15) is 0 Å². The molecule has 0 atom stereocenters. The van der Waals surface area contributed by atoms with Gasteiger partial charge >= 0.3 is 0 Å². The molecule has 0 fully saturated rings. The van der Waals surface area contributed by atoms with Crippen LogP contribution in [0.25, 0.3) is 11.4 Å². The van der Waals surface area contributed by atoms with Gasteiger partial charge in [-0.15, -0.1) is 10.2 Å². The summed E-state index contributed by atoms with van der Waals surface area (Å²) in [6.07, 6.45) is 0.394. The fourth-order valence-electron chi connectivity index (χ4n) is 2.09. The van der Waals surface area contributed by atoms with Crippen LogP contribution < -0.4 is 0 Å². The molecule has 0 saturated carbocycles. The van der Waals surface area contributed by atoms with Gasteiger partial charge < -0.3 is 4.90 Å². The molecule has 0 bridgehead atoms. The maximum Gasteiger partial charge on any atom is 0.224 e. The fraction of sp³-hybridized carbons (Fsp3) is 0.467. The van der Waals surface area contributed by atoms with Crippen molar-refractivity contribution in [3.8, 4) is 11.4 Å². The van der Waals surface area contributed by atoms with Crippen molar-refractivity contribution in [3.63, 3.8) is 0 Å². The molecule has 2 aromatic rings. The zero-order chi connectivity index (χ0) is 15.2. The summed E-state index contributed by atoms with van der Waals surface area (Å²) in [5.41, 5.74) is 2.12. The van der Waals surface area contributed by atoms with Crippen molar-refractivity contribution in [2.24, 2.45) is 0 Å². The van der Waals surface area contributed by atoms with Crippen LogP contribution in [0.4, 0.5) is 0 Å². The summed E-state index contributed by atoms with van der Waals surface area (Å²) in [6.45, 7) is 7.90. The number of aromatic nitrogens is 4.